The summed E-state index contributed by atoms with van der Waals surface area (Å²) in [6.45, 7) is 2.57. The molecule has 0 saturated heterocycles. The molecule has 0 amide bonds. The second-order valence-electron chi connectivity index (χ2n) is 6.04. The van der Waals surface area contributed by atoms with Gasteiger partial charge >= 0.3 is 0 Å². The van der Waals surface area contributed by atoms with E-state index in [9.17, 15) is 16.8 Å². The number of aromatic nitrogens is 2. The Labute approximate surface area is 137 Å². The third-order valence-corrected chi connectivity index (χ3v) is 8.10. The zero-order valence-corrected chi connectivity index (χ0v) is 14.7. The summed E-state index contributed by atoms with van der Waals surface area (Å²) in [7, 11) is -6.49. The molecule has 0 aromatic carbocycles. The van der Waals surface area contributed by atoms with Crippen LogP contribution < -0.4 is 4.72 Å². The second-order valence-corrected chi connectivity index (χ2v) is 10.3. The van der Waals surface area contributed by atoms with E-state index in [-0.39, 0.29) is 17.0 Å². The van der Waals surface area contributed by atoms with Crippen LogP contribution in [-0.4, -0.2) is 55.0 Å². The molecule has 1 atom stereocenters. The van der Waals surface area contributed by atoms with Gasteiger partial charge in [0.15, 0.2) is 0 Å². The van der Waals surface area contributed by atoms with Crippen molar-refractivity contribution in [2.75, 3.05) is 18.8 Å². The smallest absolute Gasteiger partial charge is 0.214 e. The van der Waals surface area contributed by atoms with Crippen LogP contribution in [0.4, 0.5) is 0 Å². The van der Waals surface area contributed by atoms with E-state index in [1.807, 2.05) is 4.68 Å². The van der Waals surface area contributed by atoms with Crippen molar-refractivity contribution >= 4 is 20.0 Å². The molecule has 2 aliphatic rings. The Morgan fingerprint density at radius 3 is 2.70 bits per heavy atom. The molecule has 1 aromatic heterocycles. The van der Waals surface area contributed by atoms with E-state index < -0.39 is 20.0 Å². The largest absolute Gasteiger partial charge is 0.264 e. The van der Waals surface area contributed by atoms with Crippen LogP contribution in [0, 0.1) is 0 Å². The van der Waals surface area contributed by atoms with Crippen molar-refractivity contribution in [1.82, 2.24) is 18.8 Å². The van der Waals surface area contributed by atoms with Crippen molar-refractivity contribution in [3.05, 3.63) is 18.0 Å². The molecule has 0 radical (unpaired) electrons. The van der Waals surface area contributed by atoms with Gasteiger partial charge in [-0.3, -0.25) is 4.68 Å². The predicted molar refractivity (Wildman–Crippen MR) is 85.7 cm³/mol. The van der Waals surface area contributed by atoms with Crippen LogP contribution in [-0.2, 0) is 26.6 Å². The summed E-state index contributed by atoms with van der Waals surface area (Å²) in [5, 5.41) is 4.02. The van der Waals surface area contributed by atoms with E-state index in [0.29, 0.717) is 26.1 Å². The maximum Gasteiger partial charge on any atom is 0.214 e. The number of sulfonamides is 2. The van der Waals surface area contributed by atoms with E-state index >= 15 is 0 Å². The molecular weight excluding hydrogens is 340 g/mol. The van der Waals surface area contributed by atoms with Gasteiger partial charge in [-0.2, -0.15) is 9.40 Å². The Morgan fingerprint density at radius 2 is 2.04 bits per heavy atom. The molecular formula is C13H22N4O4S2. The molecule has 1 aliphatic heterocycles. The van der Waals surface area contributed by atoms with Crippen LogP contribution in [0.25, 0.3) is 0 Å². The van der Waals surface area contributed by atoms with E-state index in [1.54, 1.807) is 19.2 Å². The van der Waals surface area contributed by atoms with Gasteiger partial charge in [-0.05, 0) is 32.3 Å². The average Bonchev–Trinajstić information content (AvgIpc) is 3.26. The Bertz CT molecular complexity index is 768. The fourth-order valence-corrected chi connectivity index (χ4v) is 5.31. The fourth-order valence-electron chi connectivity index (χ4n) is 2.83. The molecule has 3 rings (SSSR count). The summed E-state index contributed by atoms with van der Waals surface area (Å²) >= 11 is 0. The lowest BCUT2D eigenvalue weighted by molar-refractivity contribution is 0.256. The second kappa shape index (κ2) is 6.15. The summed E-state index contributed by atoms with van der Waals surface area (Å²) in [6.07, 6.45) is 3.62. The third-order valence-electron chi connectivity index (χ3n) is 4.35. The molecule has 0 unspecified atom stereocenters. The maximum atomic E-state index is 12.1. The summed E-state index contributed by atoms with van der Waals surface area (Å²) in [4.78, 5) is 0. The molecule has 1 N–H and O–H groups in total. The van der Waals surface area contributed by atoms with E-state index in [4.69, 9.17) is 0 Å². The van der Waals surface area contributed by atoms with Gasteiger partial charge in [-0.25, -0.2) is 21.6 Å². The average molecular weight is 362 g/mol. The fraction of sp³-hybridized carbons (Fsp3) is 0.769. The number of hydrogen-bond donors (Lipinski definition) is 1. The van der Waals surface area contributed by atoms with E-state index in [2.05, 4.69) is 9.82 Å². The first-order chi connectivity index (χ1) is 10.8. The van der Waals surface area contributed by atoms with Crippen molar-refractivity contribution in [3.8, 4) is 0 Å². The first-order valence-corrected chi connectivity index (χ1v) is 11.0. The number of rotatable bonds is 7. The zero-order chi connectivity index (χ0) is 16.7. The minimum absolute atomic E-state index is 0.0577. The van der Waals surface area contributed by atoms with Crippen LogP contribution >= 0.6 is 0 Å². The molecule has 2 heterocycles. The lowest BCUT2D eigenvalue weighted by Crippen LogP contribution is -2.43. The number of nitrogens with one attached hydrogen (secondary N) is 1. The first kappa shape index (κ1) is 16.9. The molecule has 1 aliphatic carbocycles. The van der Waals surface area contributed by atoms with E-state index in [1.165, 1.54) is 4.31 Å². The zero-order valence-electron chi connectivity index (χ0n) is 13.1. The van der Waals surface area contributed by atoms with Gasteiger partial charge in [0.2, 0.25) is 20.0 Å². The standard InChI is InChI=1S/C13H22N4O4S2/c1-2-22(18,19)16-9-11-5-7-14-17(11)12(10-16)6-8-15-23(20,21)13-3-4-13/h5,7,12-13,15H,2-4,6,8-10H2,1H3/t12-/m0/s1. The maximum absolute atomic E-state index is 12.1. The Balaban J connectivity index is 1.68. The van der Waals surface area contributed by atoms with Gasteiger partial charge in [0.1, 0.15) is 0 Å². The van der Waals surface area contributed by atoms with Crippen LogP contribution in [0.1, 0.15) is 37.9 Å². The molecule has 1 aromatic rings. The predicted octanol–water partition coefficient (Wildman–Crippen LogP) is 0.0614. The molecule has 0 bridgehead atoms. The molecule has 8 nitrogen and oxygen atoms in total. The number of fused-ring (bicyclic) bond motifs is 1. The Morgan fingerprint density at radius 1 is 1.30 bits per heavy atom. The minimum atomic E-state index is -3.28. The van der Waals surface area contributed by atoms with Crippen molar-refractivity contribution < 1.29 is 16.8 Å². The summed E-state index contributed by atoms with van der Waals surface area (Å²) in [6, 6.07) is 1.65. The summed E-state index contributed by atoms with van der Waals surface area (Å²) < 4.78 is 53.9. The lowest BCUT2D eigenvalue weighted by atomic mass is 10.1. The number of nitrogens with zero attached hydrogens (tertiary/aromatic N) is 3. The highest BCUT2D eigenvalue weighted by atomic mass is 32.2. The van der Waals surface area contributed by atoms with Crippen molar-refractivity contribution in [1.29, 1.82) is 0 Å². The first-order valence-electron chi connectivity index (χ1n) is 7.82. The molecule has 10 heteroatoms. The van der Waals surface area contributed by atoms with Gasteiger partial charge in [0.25, 0.3) is 0 Å². The molecule has 23 heavy (non-hydrogen) atoms. The third kappa shape index (κ3) is 3.59. The van der Waals surface area contributed by atoms with Crippen LogP contribution in [0.5, 0.6) is 0 Å². The lowest BCUT2D eigenvalue weighted by Gasteiger charge is -2.33. The SMILES string of the molecule is CCS(=O)(=O)N1Cc2ccnn2[C@@H](CCNS(=O)(=O)C2CC2)C1. The van der Waals surface area contributed by atoms with Crippen molar-refractivity contribution in [2.45, 2.75) is 44.0 Å². The van der Waals surface area contributed by atoms with Crippen LogP contribution in [0.15, 0.2) is 12.3 Å². The monoisotopic (exact) mass is 362 g/mol. The molecule has 1 saturated carbocycles. The Hall–Kier alpha value is -0.970. The minimum Gasteiger partial charge on any atom is -0.264 e. The molecule has 130 valence electrons. The quantitative estimate of drug-likeness (QED) is 0.739. The highest BCUT2D eigenvalue weighted by molar-refractivity contribution is 7.90. The van der Waals surface area contributed by atoms with Crippen molar-refractivity contribution in [2.24, 2.45) is 0 Å². The molecule has 0 spiro atoms. The highest BCUT2D eigenvalue weighted by Crippen LogP contribution is 2.28. The van der Waals surface area contributed by atoms with Gasteiger partial charge < -0.3 is 0 Å². The normalized spacial score (nSPS) is 22.9. The topological polar surface area (TPSA) is 101 Å². The summed E-state index contributed by atoms with van der Waals surface area (Å²) in [5.41, 5.74) is 0.836. The van der Waals surface area contributed by atoms with Crippen LogP contribution in [0.3, 0.4) is 0 Å². The highest BCUT2D eigenvalue weighted by Gasteiger charge is 2.36. The van der Waals surface area contributed by atoms with E-state index in [0.717, 1.165) is 18.5 Å². The van der Waals surface area contributed by atoms with Gasteiger partial charge in [0.05, 0.1) is 29.3 Å². The molecule has 1 fully saturated rings. The Kier molecular flexibility index (Phi) is 4.51. The van der Waals surface area contributed by atoms with Crippen molar-refractivity contribution in [3.63, 3.8) is 0 Å². The van der Waals surface area contributed by atoms with Gasteiger partial charge in [-0.1, -0.05) is 0 Å². The van der Waals surface area contributed by atoms with Crippen LogP contribution in [0.2, 0.25) is 0 Å². The number of hydrogen-bond acceptors (Lipinski definition) is 5. The van der Waals surface area contributed by atoms with Gasteiger partial charge in [-0.15, -0.1) is 0 Å². The summed E-state index contributed by atoms with van der Waals surface area (Å²) in [5.74, 6) is 0.0577. The van der Waals surface area contributed by atoms with Gasteiger partial charge in [0, 0.05) is 19.3 Å².